The van der Waals surface area contributed by atoms with Crippen LogP contribution in [0, 0.1) is 0 Å². The van der Waals surface area contributed by atoms with Crippen LogP contribution in [0.4, 0.5) is 5.95 Å². The van der Waals surface area contributed by atoms with Gasteiger partial charge in [0.25, 0.3) is 5.56 Å². The summed E-state index contributed by atoms with van der Waals surface area (Å²) in [5.74, 6) is 0.382. The van der Waals surface area contributed by atoms with Gasteiger partial charge in [-0.2, -0.15) is 9.50 Å². The minimum atomic E-state index is -0.805. The standard InChI is InChI=1S/C25H25N5O6/c1-4-36-23(33)18-14-29(15-19(31)17-8-6-5-7-9-17)25-27-24(28-30(25)22(18)32)26-13-16-10-11-20(34-2)21(12-16)35-3/h5-12,14H,4,13,15H2,1-3H3,(H,26,28). The van der Waals surface area contributed by atoms with Crippen LogP contribution in [0.5, 0.6) is 11.5 Å². The summed E-state index contributed by atoms with van der Waals surface area (Å²) in [7, 11) is 3.10. The molecule has 0 saturated carbocycles. The van der Waals surface area contributed by atoms with Crippen LogP contribution in [-0.4, -0.2) is 51.7 Å². The number of hydrogen-bond donors (Lipinski definition) is 1. The van der Waals surface area contributed by atoms with E-state index in [0.717, 1.165) is 10.1 Å². The van der Waals surface area contributed by atoms with Crippen LogP contribution in [0.15, 0.2) is 59.5 Å². The fourth-order valence-electron chi connectivity index (χ4n) is 3.59. The van der Waals surface area contributed by atoms with Crippen molar-refractivity contribution in [3.05, 3.63) is 81.8 Å². The van der Waals surface area contributed by atoms with Crippen molar-refractivity contribution in [2.24, 2.45) is 0 Å². The van der Waals surface area contributed by atoms with E-state index in [-0.39, 0.29) is 36.2 Å². The molecule has 186 valence electrons. The lowest BCUT2D eigenvalue weighted by Gasteiger charge is -2.09. The Kier molecular flexibility index (Phi) is 7.28. The molecule has 1 N–H and O–H groups in total. The van der Waals surface area contributed by atoms with Crippen LogP contribution in [0.1, 0.15) is 33.2 Å². The number of hydrogen-bond acceptors (Lipinski definition) is 9. The molecule has 4 rings (SSSR count). The zero-order chi connectivity index (χ0) is 25.7. The zero-order valence-corrected chi connectivity index (χ0v) is 20.1. The van der Waals surface area contributed by atoms with E-state index in [2.05, 4.69) is 15.4 Å². The summed E-state index contributed by atoms with van der Waals surface area (Å²) in [6, 6.07) is 14.1. The first-order valence-electron chi connectivity index (χ1n) is 11.2. The number of aromatic nitrogens is 4. The van der Waals surface area contributed by atoms with Gasteiger partial charge in [0.2, 0.25) is 11.7 Å². The summed E-state index contributed by atoms with van der Waals surface area (Å²) < 4.78 is 18.0. The van der Waals surface area contributed by atoms with E-state index >= 15 is 0 Å². The van der Waals surface area contributed by atoms with Gasteiger partial charge in [0.1, 0.15) is 5.56 Å². The molecule has 36 heavy (non-hydrogen) atoms. The molecule has 2 aromatic carbocycles. The third-order valence-corrected chi connectivity index (χ3v) is 5.36. The summed E-state index contributed by atoms with van der Waals surface area (Å²) in [5, 5.41) is 7.29. The first-order chi connectivity index (χ1) is 17.4. The number of methoxy groups -OCH3 is 2. The molecule has 4 aromatic rings. The second-order valence-electron chi connectivity index (χ2n) is 7.68. The lowest BCUT2D eigenvalue weighted by Crippen LogP contribution is -2.28. The van der Waals surface area contributed by atoms with Gasteiger partial charge in [-0.3, -0.25) is 9.59 Å². The lowest BCUT2D eigenvalue weighted by atomic mass is 10.1. The van der Waals surface area contributed by atoms with Gasteiger partial charge in [-0.25, -0.2) is 4.79 Å². The van der Waals surface area contributed by atoms with E-state index in [9.17, 15) is 14.4 Å². The van der Waals surface area contributed by atoms with Gasteiger partial charge in [-0.15, -0.1) is 5.10 Å². The smallest absolute Gasteiger partial charge is 0.345 e. The normalized spacial score (nSPS) is 10.8. The molecule has 0 amide bonds. The quantitative estimate of drug-likeness (QED) is 0.263. The number of ketones is 1. The number of anilines is 1. The Balaban J connectivity index is 1.69. The maximum atomic E-state index is 13.0. The molecule has 11 heteroatoms. The number of esters is 1. The maximum Gasteiger partial charge on any atom is 0.345 e. The van der Waals surface area contributed by atoms with E-state index in [4.69, 9.17) is 14.2 Å². The second kappa shape index (κ2) is 10.7. The third-order valence-electron chi connectivity index (χ3n) is 5.36. The maximum absolute atomic E-state index is 13.0. The molecule has 0 unspecified atom stereocenters. The minimum absolute atomic E-state index is 0.0920. The van der Waals surface area contributed by atoms with E-state index < -0.39 is 11.5 Å². The van der Waals surface area contributed by atoms with Gasteiger partial charge in [0.15, 0.2) is 17.3 Å². The molecule has 0 saturated heterocycles. The number of carbonyl (C=O) groups is 2. The van der Waals surface area contributed by atoms with Gasteiger partial charge >= 0.3 is 5.97 Å². The zero-order valence-electron chi connectivity index (χ0n) is 20.1. The van der Waals surface area contributed by atoms with E-state index in [1.54, 1.807) is 57.5 Å². The predicted octanol–water partition coefficient (Wildman–Crippen LogP) is 2.58. The number of nitrogens with one attached hydrogen (secondary N) is 1. The molecule has 0 radical (unpaired) electrons. The van der Waals surface area contributed by atoms with Crippen molar-refractivity contribution < 1.29 is 23.8 Å². The van der Waals surface area contributed by atoms with Gasteiger partial charge < -0.3 is 24.1 Å². The summed E-state index contributed by atoms with van der Waals surface area (Å²) in [5.41, 5.74) is 0.395. The Bertz CT molecular complexity index is 1460. The summed E-state index contributed by atoms with van der Waals surface area (Å²) in [6.07, 6.45) is 1.28. The largest absolute Gasteiger partial charge is 0.493 e. The first kappa shape index (κ1) is 24.5. The first-order valence-corrected chi connectivity index (χ1v) is 11.2. The number of carbonyl (C=O) groups excluding carboxylic acids is 2. The number of Topliss-reactive ketones (excluding diaryl/α,β-unsaturated/α-hetero) is 1. The fourth-order valence-corrected chi connectivity index (χ4v) is 3.59. The predicted molar refractivity (Wildman–Crippen MR) is 131 cm³/mol. The Hall–Kier alpha value is -4.67. The Labute approximate surface area is 206 Å². The molecule has 0 spiro atoms. The van der Waals surface area contributed by atoms with Gasteiger partial charge in [0.05, 0.1) is 27.4 Å². The molecule has 0 aliphatic carbocycles. The molecule has 0 fully saturated rings. The van der Waals surface area contributed by atoms with E-state index in [1.165, 1.54) is 10.8 Å². The molecule has 0 aliphatic heterocycles. The number of nitrogens with zero attached hydrogens (tertiary/aromatic N) is 4. The molecular weight excluding hydrogens is 466 g/mol. The van der Waals surface area contributed by atoms with E-state index in [1.807, 2.05) is 12.1 Å². The van der Waals surface area contributed by atoms with Crippen molar-refractivity contribution in [2.45, 2.75) is 20.0 Å². The molecule has 2 heterocycles. The monoisotopic (exact) mass is 491 g/mol. The lowest BCUT2D eigenvalue weighted by molar-refractivity contribution is 0.0522. The highest BCUT2D eigenvalue weighted by atomic mass is 16.5. The highest BCUT2D eigenvalue weighted by Gasteiger charge is 2.21. The van der Waals surface area contributed by atoms with Crippen molar-refractivity contribution in [3.63, 3.8) is 0 Å². The summed E-state index contributed by atoms with van der Waals surface area (Å²) in [4.78, 5) is 42.7. The molecule has 11 nitrogen and oxygen atoms in total. The summed E-state index contributed by atoms with van der Waals surface area (Å²) in [6.45, 7) is 1.89. The van der Waals surface area contributed by atoms with Crippen LogP contribution in [0.25, 0.3) is 5.78 Å². The molecule has 0 bridgehead atoms. The highest BCUT2D eigenvalue weighted by Crippen LogP contribution is 2.27. The Morgan fingerprint density at radius 1 is 1.03 bits per heavy atom. The highest BCUT2D eigenvalue weighted by molar-refractivity contribution is 5.96. The van der Waals surface area contributed by atoms with Crippen molar-refractivity contribution in [1.82, 2.24) is 19.2 Å². The summed E-state index contributed by atoms with van der Waals surface area (Å²) >= 11 is 0. The SMILES string of the molecule is CCOC(=O)c1cn(CC(=O)c2ccccc2)c2nc(NCc3ccc(OC)c(OC)c3)nn2c1=O. The minimum Gasteiger partial charge on any atom is -0.493 e. The third kappa shape index (κ3) is 5.04. The van der Waals surface area contributed by atoms with Crippen LogP contribution in [-0.2, 0) is 17.8 Å². The Morgan fingerprint density at radius 2 is 1.78 bits per heavy atom. The second-order valence-corrected chi connectivity index (χ2v) is 7.68. The number of benzene rings is 2. The van der Waals surface area contributed by atoms with Gasteiger partial charge in [0, 0.05) is 18.3 Å². The molecule has 2 aromatic heterocycles. The van der Waals surface area contributed by atoms with Gasteiger partial charge in [-0.1, -0.05) is 36.4 Å². The average molecular weight is 492 g/mol. The van der Waals surface area contributed by atoms with Gasteiger partial charge in [-0.05, 0) is 24.6 Å². The van der Waals surface area contributed by atoms with Crippen LogP contribution < -0.4 is 20.3 Å². The number of fused-ring (bicyclic) bond motifs is 1. The molecule has 0 aliphatic rings. The fraction of sp³-hybridized carbons (Fsp3) is 0.240. The molecular formula is C25H25N5O6. The number of ether oxygens (including phenoxy) is 3. The van der Waals surface area contributed by atoms with E-state index in [0.29, 0.717) is 23.6 Å². The van der Waals surface area contributed by atoms with Crippen LogP contribution in [0.2, 0.25) is 0 Å². The van der Waals surface area contributed by atoms with Crippen LogP contribution in [0.3, 0.4) is 0 Å². The average Bonchev–Trinajstić information content (AvgIpc) is 3.34. The topological polar surface area (TPSA) is 126 Å². The van der Waals surface area contributed by atoms with Crippen molar-refractivity contribution >= 4 is 23.5 Å². The molecule has 0 atom stereocenters. The number of rotatable bonds is 10. The van der Waals surface area contributed by atoms with Crippen molar-refractivity contribution in [2.75, 3.05) is 26.1 Å². The van der Waals surface area contributed by atoms with Crippen molar-refractivity contribution in [3.8, 4) is 11.5 Å². The van der Waals surface area contributed by atoms with Crippen LogP contribution >= 0.6 is 0 Å². The Morgan fingerprint density at radius 3 is 2.47 bits per heavy atom. The van der Waals surface area contributed by atoms with Crippen molar-refractivity contribution in [1.29, 1.82) is 0 Å².